The number of benzene rings is 2. The molecular formula is C21H26FN3O4S. The summed E-state index contributed by atoms with van der Waals surface area (Å²) in [5.41, 5.74) is 0.467. The van der Waals surface area contributed by atoms with Crippen LogP contribution in [0.4, 0.5) is 15.8 Å². The van der Waals surface area contributed by atoms with Crippen LogP contribution >= 0.6 is 0 Å². The number of amides is 1. The molecule has 1 fully saturated rings. The zero-order valence-electron chi connectivity index (χ0n) is 16.9. The van der Waals surface area contributed by atoms with E-state index in [-0.39, 0.29) is 17.1 Å². The Labute approximate surface area is 176 Å². The normalized spacial score (nSPS) is 14.9. The second-order valence-electron chi connectivity index (χ2n) is 6.94. The molecule has 0 aliphatic carbocycles. The lowest BCUT2D eigenvalue weighted by Crippen LogP contribution is -2.35. The highest BCUT2D eigenvalue weighted by atomic mass is 32.2. The Bertz CT molecular complexity index is 991. The minimum Gasteiger partial charge on any atom is -0.492 e. The van der Waals surface area contributed by atoms with Crippen molar-refractivity contribution < 1.29 is 22.3 Å². The summed E-state index contributed by atoms with van der Waals surface area (Å²) in [4.78, 5) is 12.4. The number of rotatable bonds is 8. The van der Waals surface area contributed by atoms with E-state index in [2.05, 4.69) is 10.6 Å². The lowest BCUT2D eigenvalue weighted by Gasteiger charge is -2.26. The van der Waals surface area contributed by atoms with Gasteiger partial charge < -0.3 is 15.4 Å². The zero-order valence-corrected chi connectivity index (χ0v) is 17.7. The fourth-order valence-electron chi connectivity index (χ4n) is 3.28. The van der Waals surface area contributed by atoms with Gasteiger partial charge in [-0.15, -0.1) is 0 Å². The van der Waals surface area contributed by atoms with Gasteiger partial charge in [0.25, 0.3) is 0 Å². The van der Waals surface area contributed by atoms with E-state index in [1.807, 2.05) is 6.92 Å². The van der Waals surface area contributed by atoms with E-state index >= 15 is 0 Å². The van der Waals surface area contributed by atoms with E-state index < -0.39 is 21.7 Å². The van der Waals surface area contributed by atoms with Gasteiger partial charge in [-0.1, -0.05) is 18.6 Å². The van der Waals surface area contributed by atoms with E-state index in [0.717, 1.165) is 19.3 Å². The molecule has 0 radical (unpaired) electrons. The van der Waals surface area contributed by atoms with Crippen LogP contribution in [0.15, 0.2) is 47.4 Å². The molecule has 0 spiro atoms. The van der Waals surface area contributed by atoms with Gasteiger partial charge in [0.05, 0.1) is 29.4 Å². The van der Waals surface area contributed by atoms with Gasteiger partial charge in [0.2, 0.25) is 15.9 Å². The molecule has 162 valence electrons. The topological polar surface area (TPSA) is 87.7 Å². The molecule has 0 saturated carbocycles. The minimum absolute atomic E-state index is 0.0794. The molecule has 9 heteroatoms. The number of halogens is 1. The summed E-state index contributed by atoms with van der Waals surface area (Å²) in [6.45, 7) is 3.02. The Hall–Kier alpha value is -2.65. The largest absolute Gasteiger partial charge is 0.492 e. The van der Waals surface area contributed by atoms with Crippen molar-refractivity contribution in [2.24, 2.45) is 0 Å². The maximum Gasteiger partial charge on any atom is 0.243 e. The van der Waals surface area contributed by atoms with E-state index in [0.29, 0.717) is 31.1 Å². The highest BCUT2D eigenvalue weighted by molar-refractivity contribution is 7.89. The summed E-state index contributed by atoms with van der Waals surface area (Å²) in [5.74, 6) is -0.559. The number of nitrogens with one attached hydrogen (secondary N) is 2. The number of sulfonamides is 1. The predicted octanol–water partition coefficient (Wildman–Crippen LogP) is 3.45. The number of hydrogen-bond acceptors (Lipinski definition) is 5. The van der Waals surface area contributed by atoms with Crippen LogP contribution in [-0.4, -0.2) is 44.9 Å². The predicted molar refractivity (Wildman–Crippen MR) is 114 cm³/mol. The molecule has 2 N–H and O–H groups in total. The highest BCUT2D eigenvalue weighted by Crippen LogP contribution is 2.30. The van der Waals surface area contributed by atoms with Crippen LogP contribution in [0.2, 0.25) is 0 Å². The Kier molecular flexibility index (Phi) is 7.28. The Morgan fingerprint density at radius 1 is 1.10 bits per heavy atom. The second-order valence-corrected chi connectivity index (χ2v) is 8.88. The van der Waals surface area contributed by atoms with E-state index in [1.165, 1.54) is 34.6 Å². The van der Waals surface area contributed by atoms with Crippen molar-refractivity contribution in [1.29, 1.82) is 0 Å². The highest BCUT2D eigenvalue weighted by Gasteiger charge is 2.26. The third kappa shape index (κ3) is 5.28. The molecule has 1 saturated heterocycles. The van der Waals surface area contributed by atoms with Crippen molar-refractivity contribution in [2.45, 2.75) is 31.1 Å². The summed E-state index contributed by atoms with van der Waals surface area (Å²) in [6.07, 6.45) is 2.72. The first-order valence-corrected chi connectivity index (χ1v) is 11.4. The summed E-state index contributed by atoms with van der Waals surface area (Å²) in [6, 6.07) is 10.4. The Morgan fingerprint density at radius 3 is 2.53 bits per heavy atom. The van der Waals surface area contributed by atoms with Crippen LogP contribution < -0.4 is 15.4 Å². The van der Waals surface area contributed by atoms with Crippen LogP contribution in [0.25, 0.3) is 0 Å². The molecule has 7 nitrogen and oxygen atoms in total. The number of nitrogens with zero attached hydrogens (tertiary/aromatic N) is 1. The number of ether oxygens (including phenoxy) is 1. The van der Waals surface area contributed by atoms with Gasteiger partial charge in [-0.05, 0) is 50.1 Å². The maximum absolute atomic E-state index is 13.7. The number of carbonyl (C=O) groups is 1. The van der Waals surface area contributed by atoms with Crippen molar-refractivity contribution in [3.05, 3.63) is 48.3 Å². The van der Waals surface area contributed by atoms with Crippen LogP contribution in [0.3, 0.4) is 0 Å². The van der Waals surface area contributed by atoms with Gasteiger partial charge in [0.15, 0.2) is 0 Å². The van der Waals surface area contributed by atoms with E-state index in [1.54, 1.807) is 12.1 Å². The van der Waals surface area contributed by atoms with Crippen LogP contribution in [0.5, 0.6) is 5.75 Å². The van der Waals surface area contributed by atoms with E-state index in [4.69, 9.17) is 4.74 Å². The first-order chi connectivity index (χ1) is 14.4. The standard InChI is InChI=1S/C21H26FN3O4S/c1-2-29-20-11-10-16(30(27,28)25-12-6-3-7-13-25)14-19(20)23-15-21(26)24-18-9-5-4-8-17(18)22/h4-5,8-11,14,23H,2-3,6-7,12-13,15H2,1H3,(H,24,26). The van der Waals surface area contributed by atoms with E-state index in [9.17, 15) is 17.6 Å². The minimum atomic E-state index is -3.62. The maximum atomic E-state index is 13.7. The SMILES string of the molecule is CCOc1ccc(S(=O)(=O)N2CCCCC2)cc1NCC(=O)Nc1ccccc1F. The first kappa shape index (κ1) is 22.0. The summed E-state index contributed by atoms with van der Waals surface area (Å²) < 4.78 is 46.7. The van der Waals surface area contributed by atoms with Crippen molar-refractivity contribution in [3.8, 4) is 5.75 Å². The molecule has 2 aromatic rings. The van der Waals surface area contributed by atoms with Crippen molar-refractivity contribution >= 4 is 27.3 Å². The molecule has 1 aliphatic rings. The van der Waals surface area contributed by atoms with Gasteiger partial charge >= 0.3 is 0 Å². The number of para-hydroxylation sites is 1. The molecule has 1 amide bonds. The third-order valence-electron chi connectivity index (χ3n) is 4.79. The summed E-state index contributed by atoms with van der Waals surface area (Å²) >= 11 is 0. The first-order valence-electron chi connectivity index (χ1n) is 9.97. The van der Waals surface area contributed by atoms with Gasteiger partial charge in [-0.25, -0.2) is 12.8 Å². The number of hydrogen-bond donors (Lipinski definition) is 2. The van der Waals surface area contributed by atoms with Crippen LogP contribution in [0.1, 0.15) is 26.2 Å². The van der Waals surface area contributed by atoms with Crippen molar-refractivity contribution in [1.82, 2.24) is 4.31 Å². The molecule has 0 aromatic heterocycles. The molecule has 0 bridgehead atoms. The van der Waals surface area contributed by atoms with Crippen LogP contribution in [-0.2, 0) is 14.8 Å². The average Bonchev–Trinajstić information content (AvgIpc) is 2.75. The van der Waals surface area contributed by atoms with Crippen LogP contribution in [0, 0.1) is 5.82 Å². The fraction of sp³-hybridized carbons (Fsp3) is 0.381. The monoisotopic (exact) mass is 435 g/mol. The Morgan fingerprint density at radius 2 is 1.83 bits per heavy atom. The molecule has 0 atom stereocenters. The molecule has 1 heterocycles. The zero-order chi connectivity index (χ0) is 21.6. The lowest BCUT2D eigenvalue weighted by molar-refractivity contribution is -0.114. The van der Waals surface area contributed by atoms with Gasteiger partial charge in [0, 0.05) is 13.1 Å². The Balaban J connectivity index is 1.76. The summed E-state index contributed by atoms with van der Waals surface area (Å²) in [5, 5.41) is 5.40. The molecule has 0 unspecified atom stereocenters. The summed E-state index contributed by atoms with van der Waals surface area (Å²) in [7, 11) is -3.62. The fourth-order valence-corrected chi connectivity index (χ4v) is 4.82. The van der Waals surface area contributed by atoms with Gasteiger partial charge in [-0.2, -0.15) is 4.31 Å². The number of carbonyl (C=O) groups excluding carboxylic acids is 1. The van der Waals surface area contributed by atoms with Crippen molar-refractivity contribution in [2.75, 3.05) is 36.9 Å². The molecular weight excluding hydrogens is 409 g/mol. The van der Waals surface area contributed by atoms with Gasteiger partial charge in [0.1, 0.15) is 11.6 Å². The van der Waals surface area contributed by atoms with Gasteiger partial charge in [-0.3, -0.25) is 4.79 Å². The molecule has 30 heavy (non-hydrogen) atoms. The quantitative estimate of drug-likeness (QED) is 0.663. The molecule has 1 aliphatic heterocycles. The molecule has 2 aromatic carbocycles. The second kappa shape index (κ2) is 9.90. The third-order valence-corrected chi connectivity index (χ3v) is 6.69. The van der Waals surface area contributed by atoms with Crippen molar-refractivity contribution in [3.63, 3.8) is 0 Å². The lowest BCUT2D eigenvalue weighted by atomic mass is 10.2. The number of piperidine rings is 1. The average molecular weight is 436 g/mol. The number of anilines is 2. The smallest absolute Gasteiger partial charge is 0.243 e. The molecule has 3 rings (SSSR count).